The maximum absolute atomic E-state index is 12.3. The van der Waals surface area contributed by atoms with Crippen LogP contribution in [0.5, 0.6) is 0 Å². The number of rotatable bonds is 10. The van der Waals surface area contributed by atoms with Crippen molar-refractivity contribution in [2.45, 2.75) is 44.1 Å². The van der Waals surface area contributed by atoms with Gasteiger partial charge in [0.25, 0.3) is 0 Å². The number of H-pyrrole nitrogens is 1. The SMILES string of the molecule is CC[C@@H](c1nnc(SCCCn2c(=O)[nH]c3ccccc32)n1Cc1ccccc1)[NH+](C)C. The molecule has 7 nitrogen and oxygen atoms in total. The minimum absolute atomic E-state index is 0.0505. The quantitative estimate of drug-likeness (QED) is 0.287. The molecule has 0 saturated heterocycles. The van der Waals surface area contributed by atoms with Gasteiger partial charge in [0.15, 0.2) is 11.0 Å². The first-order valence-corrected chi connectivity index (χ1v) is 12.1. The maximum atomic E-state index is 12.3. The summed E-state index contributed by atoms with van der Waals surface area (Å²) in [5.41, 5.74) is 3.03. The lowest BCUT2D eigenvalue weighted by molar-refractivity contribution is -0.893. The molecule has 2 heterocycles. The Labute approximate surface area is 192 Å². The molecule has 2 aromatic heterocycles. The first kappa shape index (κ1) is 22.4. The molecule has 0 bridgehead atoms. The van der Waals surface area contributed by atoms with Crippen molar-refractivity contribution in [1.82, 2.24) is 24.3 Å². The molecule has 0 aliphatic heterocycles. The molecule has 0 unspecified atom stereocenters. The Bertz CT molecular complexity index is 1210. The fourth-order valence-corrected chi connectivity index (χ4v) is 5.01. The van der Waals surface area contributed by atoms with Gasteiger partial charge in [-0.05, 0) is 24.1 Å². The molecule has 1 atom stereocenters. The van der Waals surface area contributed by atoms with Crippen LogP contribution < -0.4 is 10.6 Å². The van der Waals surface area contributed by atoms with Gasteiger partial charge in [0.2, 0.25) is 0 Å². The first-order chi connectivity index (χ1) is 15.6. The minimum atomic E-state index is -0.0505. The van der Waals surface area contributed by atoms with Gasteiger partial charge in [-0.2, -0.15) is 0 Å². The van der Waals surface area contributed by atoms with E-state index in [2.05, 4.69) is 65.0 Å². The highest BCUT2D eigenvalue weighted by Crippen LogP contribution is 2.23. The fourth-order valence-electron chi connectivity index (χ4n) is 4.14. The van der Waals surface area contributed by atoms with Crippen molar-refractivity contribution >= 4 is 22.8 Å². The second-order valence-electron chi connectivity index (χ2n) is 8.25. The highest BCUT2D eigenvalue weighted by Gasteiger charge is 2.25. The van der Waals surface area contributed by atoms with Crippen LogP contribution in [0.4, 0.5) is 0 Å². The summed E-state index contributed by atoms with van der Waals surface area (Å²) in [6, 6.07) is 18.6. The number of aryl methyl sites for hydroxylation is 1. The monoisotopic (exact) mass is 451 g/mol. The summed E-state index contributed by atoms with van der Waals surface area (Å²) in [6.45, 7) is 3.64. The van der Waals surface area contributed by atoms with Gasteiger partial charge in [-0.1, -0.05) is 61.2 Å². The zero-order valence-electron chi connectivity index (χ0n) is 18.9. The minimum Gasteiger partial charge on any atom is -0.331 e. The number of nitrogens with one attached hydrogen (secondary N) is 2. The molecule has 168 valence electrons. The van der Waals surface area contributed by atoms with Gasteiger partial charge in [0.1, 0.15) is 6.04 Å². The average Bonchev–Trinajstić information content (AvgIpc) is 3.32. The normalized spacial score (nSPS) is 12.6. The van der Waals surface area contributed by atoms with E-state index in [4.69, 9.17) is 0 Å². The molecule has 0 saturated carbocycles. The van der Waals surface area contributed by atoms with Crippen molar-refractivity contribution in [3.05, 3.63) is 76.5 Å². The van der Waals surface area contributed by atoms with Crippen LogP contribution in [0.15, 0.2) is 64.5 Å². The molecule has 2 aromatic carbocycles. The van der Waals surface area contributed by atoms with E-state index in [9.17, 15) is 4.79 Å². The van der Waals surface area contributed by atoms with Crippen LogP contribution in [-0.4, -0.2) is 44.2 Å². The Hall–Kier alpha value is -2.84. The summed E-state index contributed by atoms with van der Waals surface area (Å²) < 4.78 is 4.08. The van der Waals surface area contributed by atoms with Crippen molar-refractivity contribution < 1.29 is 4.90 Å². The van der Waals surface area contributed by atoms with Crippen LogP contribution in [0.1, 0.15) is 37.2 Å². The predicted octanol–water partition coefficient (Wildman–Crippen LogP) is 2.75. The number of fused-ring (bicyclic) bond motifs is 1. The second kappa shape index (κ2) is 10.2. The lowest BCUT2D eigenvalue weighted by atomic mass is 10.2. The van der Waals surface area contributed by atoms with Gasteiger partial charge in [-0.25, -0.2) is 4.79 Å². The van der Waals surface area contributed by atoms with E-state index >= 15 is 0 Å². The van der Waals surface area contributed by atoms with Gasteiger partial charge >= 0.3 is 5.69 Å². The standard InChI is InChI=1S/C24H30N6OS/c1-4-20(28(2)3)22-26-27-24(30(22)17-18-11-6-5-7-12-18)32-16-10-15-29-21-14-9-8-13-19(21)25-23(29)31/h5-9,11-14,20H,4,10,15-17H2,1-3H3,(H,25,31)/p+1/t20-/m0/s1. The number of hydrogen-bond acceptors (Lipinski definition) is 4. The molecule has 8 heteroatoms. The third kappa shape index (κ3) is 4.81. The molecule has 4 aromatic rings. The molecular weight excluding hydrogens is 420 g/mol. The van der Waals surface area contributed by atoms with Crippen LogP contribution in [-0.2, 0) is 13.1 Å². The highest BCUT2D eigenvalue weighted by molar-refractivity contribution is 7.99. The molecule has 0 aliphatic rings. The summed E-state index contributed by atoms with van der Waals surface area (Å²) in [7, 11) is 4.34. The summed E-state index contributed by atoms with van der Waals surface area (Å²) in [4.78, 5) is 16.6. The highest BCUT2D eigenvalue weighted by atomic mass is 32.2. The van der Waals surface area contributed by atoms with E-state index in [1.807, 2.05) is 34.9 Å². The topological polar surface area (TPSA) is 72.9 Å². The third-order valence-corrected chi connectivity index (χ3v) is 6.84. The van der Waals surface area contributed by atoms with Gasteiger partial charge in [-0.3, -0.25) is 9.13 Å². The predicted molar refractivity (Wildman–Crippen MR) is 129 cm³/mol. The molecule has 0 spiro atoms. The average molecular weight is 452 g/mol. The van der Waals surface area contributed by atoms with Crippen LogP contribution >= 0.6 is 11.8 Å². The first-order valence-electron chi connectivity index (χ1n) is 11.2. The van der Waals surface area contributed by atoms with E-state index in [-0.39, 0.29) is 5.69 Å². The number of aromatic nitrogens is 5. The van der Waals surface area contributed by atoms with Crippen LogP contribution in [0.25, 0.3) is 11.0 Å². The van der Waals surface area contributed by atoms with Crippen molar-refractivity contribution in [1.29, 1.82) is 0 Å². The smallest absolute Gasteiger partial charge is 0.326 e. The molecule has 2 N–H and O–H groups in total. The van der Waals surface area contributed by atoms with Crippen molar-refractivity contribution in [2.24, 2.45) is 0 Å². The number of benzene rings is 2. The lowest BCUT2D eigenvalue weighted by Gasteiger charge is -2.20. The van der Waals surface area contributed by atoms with Gasteiger partial charge in [0.05, 0.1) is 31.7 Å². The zero-order chi connectivity index (χ0) is 22.5. The number of nitrogens with zero attached hydrogens (tertiary/aromatic N) is 4. The van der Waals surface area contributed by atoms with Crippen LogP contribution in [0, 0.1) is 0 Å². The Morgan fingerprint density at radius 2 is 1.78 bits per heavy atom. The Morgan fingerprint density at radius 3 is 2.53 bits per heavy atom. The number of hydrogen-bond donors (Lipinski definition) is 2. The summed E-state index contributed by atoms with van der Waals surface area (Å²) in [5, 5.41) is 10.1. The molecule has 0 radical (unpaired) electrons. The molecular formula is C24H31N6OS+. The van der Waals surface area contributed by atoms with E-state index < -0.39 is 0 Å². The number of imidazole rings is 1. The van der Waals surface area contributed by atoms with E-state index in [1.165, 1.54) is 10.5 Å². The Morgan fingerprint density at radius 1 is 1.03 bits per heavy atom. The summed E-state index contributed by atoms with van der Waals surface area (Å²) in [6.07, 6.45) is 1.87. The van der Waals surface area contributed by atoms with E-state index in [0.29, 0.717) is 12.6 Å². The fraction of sp³-hybridized carbons (Fsp3) is 0.375. The van der Waals surface area contributed by atoms with Gasteiger partial charge < -0.3 is 9.88 Å². The molecule has 0 fully saturated rings. The van der Waals surface area contributed by atoms with Crippen molar-refractivity contribution in [3.63, 3.8) is 0 Å². The van der Waals surface area contributed by atoms with Crippen LogP contribution in [0.2, 0.25) is 0 Å². The summed E-state index contributed by atoms with van der Waals surface area (Å²) >= 11 is 1.71. The third-order valence-electron chi connectivity index (χ3n) is 5.78. The largest absolute Gasteiger partial charge is 0.331 e. The molecule has 0 aliphatic carbocycles. The van der Waals surface area contributed by atoms with Crippen LogP contribution in [0.3, 0.4) is 0 Å². The number of para-hydroxylation sites is 2. The Balaban J connectivity index is 1.49. The van der Waals surface area contributed by atoms with Gasteiger partial charge in [-0.15, -0.1) is 10.2 Å². The Kier molecular flexibility index (Phi) is 7.12. The molecule has 32 heavy (non-hydrogen) atoms. The van der Waals surface area contributed by atoms with Gasteiger partial charge in [0, 0.05) is 18.7 Å². The van der Waals surface area contributed by atoms with E-state index in [1.54, 1.807) is 11.8 Å². The van der Waals surface area contributed by atoms with Crippen molar-refractivity contribution in [2.75, 3.05) is 19.8 Å². The lowest BCUT2D eigenvalue weighted by Crippen LogP contribution is -3.06. The summed E-state index contributed by atoms with van der Waals surface area (Å²) in [5.74, 6) is 1.90. The number of thioether (sulfide) groups is 1. The zero-order valence-corrected chi connectivity index (χ0v) is 19.7. The molecule has 0 amide bonds. The van der Waals surface area contributed by atoms with Crippen molar-refractivity contribution in [3.8, 4) is 0 Å². The maximum Gasteiger partial charge on any atom is 0.326 e. The van der Waals surface area contributed by atoms with E-state index in [0.717, 1.165) is 47.2 Å². The number of quaternary nitrogens is 1. The number of aromatic amines is 1. The molecule has 4 rings (SSSR count). The second-order valence-corrected chi connectivity index (χ2v) is 9.31.